The molecule has 0 radical (unpaired) electrons. The smallest absolute Gasteiger partial charge is 0.427 e. The van der Waals surface area contributed by atoms with Gasteiger partial charge in [0.25, 0.3) is 0 Å². The van der Waals surface area contributed by atoms with Crippen molar-refractivity contribution in [3.63, 3.8) is 0 Å². The van der Waals surface area contributed by atoms with Gasteiger partial charge in [-0.05, 0) is 47.8 Å². The van der Waals surface area contributed by atoms with Gasteiger partial charge in [0.05, 0.1) is 10.7 Å². The van der Waals surface area contributed by atoms with Gasteiger partial charge >= 0.3 is 12.1 Å². The first-order chi connectivity index (χ1) is 14.6. The number of pyridine rings is 1. The minimum Gasteiger partial charge on any atom is -0.483 e. The molecule has 31 heavy (non-hydrogen) atoms. The zero-order chi connectivity index (χ0) is 22.8. The van der Waals surface area contributed by atoms with Crippen molar-refractivity contribution in [2.75, 3.05) is 0 Å². The summed E-state index contributed by atoms with van der Waals surface area (Å²) in [4.78, 5) is 13.5. The zero-order valence-corrected chi connectivity index (χ0v) is 16.9. The Bertz CT molecular complexity index is 1080. The number of aromatic nitrogens is 2. The van der Waals surface area contributed by atoms with Gasteiger partial charge in [0.15, 0.2) is 17.4 Å². The summed E-state index contributed by atoms with van der Waals surface area (Å²) < 4.78 is 77.7. The third-order valence-corrected chi connectivity index (χ3v) is 5.22. The van der Waals surface area contributed by atoms with Crippen molar-refractivity contribution in [2.24, 2.45) is 0 Å². The van der Waals surface area contributed by atoms with Gasteiger partial charge in [-0.3, -0.25) is 9.78 Å². The third kappa shape index (κ3) is 5.47. The maximum Gasteiger partial charge on any atom is 0.427 e. The van der Waals surface area contributed by atoms with Crippen molar-refractivity contribution in [1.29, 1.82) is 0 Å². The van der Waals surface area contributed by atoms with Crippen LogP contribution in [0.4, 0.5) is 22.0 Å². The minimum absolute atomic E-state index is 0.0731. The molecule has 164 valence electrons. The largest absolute Gasteiger partial charge is 0.483 e. The number of rotatable bonds is 7. The molecule has 0 unspecified atom stereocenters. The van der Waals surface area contributed by atoms with Crippen molar-refractivity contribution < 1.29 is 36.6 Å². The van der Waals surface area contributed by atoms with Crippen LogP contribution in [0.15, 0.2) is 30.5 Å². The van der Waals surface area contributed by atoms with E-state index < -0.39 is 46.6 Å². The van der Waals surface area contributed by atoms with Crippen LogP contribution in [-0.2, 0) is 24.0 Å². The van der Waals surface area contributed by atoms with Gasteiger partial charge in [0.2, 0.25) is 0 Å². The number of benzene rings is 1. The van der Waals surface area contributed by atoms with Gasteiger partial charge in [-0.15, -0.1) is 0 Å². The van der Waals surface area contributed by atoms with Crippen molar-refractivity contribution >= 4 is 29.1 Å². The highest BCUT2D eigenvalue weighted by atomic mass is 35.5. The number of carboxylic acids is 1. The number of hydrogen-bond acceptors (Lipinski definition) is 5. The third-order valence-electron chi connectivity index (χ3n) is 4.06. The molecule has 0 saturated heterocycles. The SMILES string of the molecule is O=C(O)CCc1cc(F)c(OCc2c(-c3ccc(Cl)cn3)nsc2C(F)(F)F)c(F)c1. The molecular formula is C19H12ClF5N2O3S. The van der Waals surface area contributed by atoms with Gasteiger partial charge in [0.1, 0.15) is 17.2 Å². The van der Waals surface area contributed by atoms with Gasteiger partial charge < -0.3 is 9.84 Å². The lowest BCUT2D eigenvalue weighted by atomic mass is 10.1. The summed E-state index contributed by atoms with van der Waals surface area (Å²) in [6.45, 7) is -0.826. The molecule has 0 aliphatic rings. The number of carbonyl (C=O) groups is 1. The lowest BCUT2D eigenvalue weighted by molar-refractivity contribution is -0.137. The summed E-state index contributed by atoms with van der Waals surface area (Å²) in [6.07, 6.45) is -4.00. The van der Waals surface area contributed by atoms with E-state index in [1.54, 1.807) is 0 Å². The quantitative estimate of drug-likeness (QED) is 0.438. The summed E-state index contributed by atoms with van der Waals surface area (Å²) in [7, 11) is 0. The normalized spacial score (nSPS) is 11.5. The standard InChI is InChI=1S/C19H12ClF5N2O3S/c20-10-2-3-14(26-7-10)16-11(18(31-27-16)19(23,24)25)8-30-17-12(21)5-9(6-13(17)22)1-4-15(28)29/h2-3,5-7H,1,4,8H2,(H,28,29). The second-order valence-electron chi connectivity index (χ2n) is 6.27. The molecule has 2 heterocycles. The van der Waals surface area contributed by atoms with Crippen LogP contribution in [0, 0.1) is 11.6 Å². The molecule has 5 nitrogen and oxygen atoms in total. The van der Waals surface area contributed by atoms with Crippen molar-refractivity contribution in [3.8, 4) is 17.1 Å². The fraction of sp³-hybridized carbons (Fsp3) is 0.211. The van der Waals surface area contributed by atoms with E-state index in [4.69, 9.17) is 21.4 Å². The lowest BCUT2D eigenvalue weighted by Crippen LogP contribution is -2.10. The molecule has 1 N–H and O–H groups in total. The number of aliphatic carboxylic acids is 1. The summed E-state index contributed by atoms with van der Waals surface area (Å²) >= 11 is 5.91. The molecule has 0 saturated carbocycles. The van der Waals surface area contributed by atoms with E-state index in [9.17, 15) is 26.7 Å². The number of carboxylic acid groups (broad SMARTS) is 1. The van der Waals surface area contributed by atoms with Gasteiger partial charge in [-0.1, -0.05) is 11.6 Å². The van der Waals surface area contributed by atoms with Crippen LogP contribution in [0.3, 0.4) is 0 Å². The second-order valence-corrected chi connectivity index (χ2v) is 7.48. The Hall–Kier alpha value is -2.79. The van der Waals surface area contributed by atoms with E-state index in [0.29, 0.717) is 0 Å². The van der Waals surface area contributed by atoms with E-state index in [0.717, 1.165) is 12.1 Å². The molecule has 0 bridgehead atoms. The summed E-state index contributed by atoms with van der Waals surface area (Å²) in [5.41, 5.74) is -0.419. The number of alkyl halides is 3. The summed E-state index contributed by atoms with van der Waals surface area (Å²) in [5.74, 6) is -4.35. The highest BCUT2D eigenvalue weighted by Gasteiger charge is 2.38. The van der Waals surface area contributed by atoms with E-state index in [-0.39, 0.29) is 46.3 Å². The van der Waals surface area contributed by atoms with E-state index in [2.05, 4.69) is 9.36 Å². The maximum atomic E-state index is 14.3. The molecule has 0 aliphatic heterocycles. The highest BCUT2D eigenvalue weighted by molar-refractivity contribution is 7.06. The first kappa shape index (κ1) is 22.9. The Morgan fingerprint density at radius 3 is 2.42 bits per heavy atom. The number of ether oxygens (including phenoxy) is 1. The van der Waals surface area contributed by atoms with E-state index in [1.165, 1.54) is 18.3 Å². The van der Waals surface area contributed by atoms with Crippen LogP contribution in [0.5, 0.6) is 5.75 Å². The van der Waals surface area contributed by atoms with Crippen molar-refractivity contribution in [3.05, 3.63) is 63.1 Å². The molecule has 0 amide bonds. The topological polar surface area (TPSA) is 72.3 Å². The van der Waals surface area contributed by atoms with Crippen molar-refractivity contribution in [2.45, 2.75) is 25.6 Å². The first-order valence-corrected chi connectivity index (χ1v) is 9.71. The minimum atomic E-state index is -4.77. The van der Waals surface area contributed by atoms with Crippen LogP contribution in [-0.4, -0.2) is 20.4 Å². The Morgan fingerprint density at radius 2 is 1.87 bits per heavy atom. The Balaban J connectivity index is 1.91. The average Bonchev–Trinajstić information content (AvgIpc) is 3.10. The predicted molar refractivity (Wildman–Crippen MR) is 102 cm³/mol. The first-order valence-electron chi connectivity index (χ1n) is 8.56. The molecule has 0 aliphatic carbocycles. The molecule has 3 aromatic rings. The number of hydrogen-bond donors (Lipinski definition) is 1. The predicted octanol–water partition coefficient (Wildman–Crippen LogP) is 5.75. The molecule has 0 atom stereocenters. The van der Waals surface area contributed by atoms with Gasteiger partial charge in [-0.2, -0.15) is 17.5 Å². The molecule has 0 spiro atoms. The zero-order valence-electron chi connectivity index (χ0n) is 15.3. The van der Waals surface area contributed by atoms with Crippen LogP contribution < -0.4 is 4.74 Å². The molecule has 12 heteroatoms. The monoisotopic (exact) mass is 478 g/mol. The van der Waals surface area contributed by atoms with Crippen LogP contribution >= 0.6 is 23.1 Å². The molecule has 0 fully saturated rings. The van der Waals surface area contributed by atoms with Gasteiger partial charge in [0, 0.05) is 18.2 Å². The lowest BCUT2D eigenvalue weighted by Gasteiger charge is -2.12. The Labute approximate surface area is 181 Å². The van der Waals surface area contributed by atoms with Crippen molar-refractivity contribution in [1.82, 2.24) is 9.36 Å². The second kappa shape index (κ2) is 9.15. The molecular weight excluding hydrogens is 467 g/mol. The number of halogens is 6. The van der Waals surface area contributed by atoms with E-state index >= 15 is 0 Å². The summed E-state index contributed by atoms with van der Waals surface area (Å²) in [5, 5.41) is 8.93. The Kier molecular flexibility index (Phi) is 6.75. The number of aryl methyl sites for hydroxylation is 1. The van der Waals surface area contributed by atoms with Gasteiger partial charge in [-0.25, -0.2) is 8.78 Å². The molecule has 2 aromatic heterocycles. The summed E-state index contributed by atoms with van der Waals surface area (Å²) in [6, 6.07) is 4.52. The number of nitrogens with zero attached hydrogens (tertiary/aromatic N) is 2. The van der Waals surface area contributed by atoms with E-state index in [1.807, 2.05) is 0 Å². The fourth-order valence-corrected chi connectivity index (χ4v) is 3.54. The average molecular weight is 479 g/mol. The maximum absolute atomic E-state index is 14.3. The Morgan fingerprint density at radius 1 is 1.19 bits per heavy atom. The molecule has 1 aromatic carbocycles. The van der Waals surface area contributed by atoms with Crippen LogP contribution in [0.25, 0.3) is 11.4 Å². The highest BCUT2D eigenvalue weighted by Crippen LogP contribution is 2.40. The van der Waals surface area contributed by atoms with Crippen LogP contribution in [0.2, 0.25) is 5.02 Å². The molecule has 3 rings (SSSR count). The fourth-order valence-electron chi connectivity index (χ4n) is 2.67. The van der Waals surface area contributed by atoms with Crippen LogP contribution in [0.1, 0.15) is 22.4 Å².